The average Bonchev–Trinajstić information content (AvgIpc) is 3.27. The number of rotatable bonds is 7. The molecule has 0 spiro atoms. The number of halogens is 1. The Balaban J connectivity index is 1.46. The van der Waals surface area contributed by atoms with Crippen LogP contribution in [0, 0.1) is 11.7 Å². The van der Waals surface area contributed by atoms with E-state index in [4.69, 9.17) is 4.42 Å². The highest BCUT2D eigenvalue weighted by Crippen LogP contribution is 2.28. The van der Waals surface area contributed by atoms with E-state index in [9.17, 15) is 14.0 Å². The number of carbonyl (C=O) groups is 2. The number of amides is 2. The van der Waals surface area contributed by atoms with Gasteiger partial charge in [-0.15, -0.1) is 0 Å². The number of nitrogens with zero attached hydrogens (tertiary/aromatic N) is 3. The van der Waals surface area contributed by atoms with Crippen LogP contribution in [0.15, 0.2) is 59.0 Å². The zero-order valence-corrected chi connectivity index (χ0v) is 20.0. The van der Waals surface area contributed by atoms with Crippen LogP contribution >= 0.6 is 0 Å². The molecular formula is C27H32FN3O3. The molecule has 1 atom stereocenters. The van der Waals surface area contributed by atoms with E-state index < -0.39 is 0 Å². The first-order valence-corrected chi connectivity index (χ1v) is 11.7. The van der Waals surface area contributed by atoms with Crippen molar-refractivity contribution >= 4 is 22.8 Å². The lowest BCUT2D eigenvalue weighted by Gasteiger charge is -2.40. The molecule has 2 aromatic carbocycles. The van der Waals surface area contributed by atoms with Gasteiger partial charge in [0, 0.05) is 31.6 Å². The Morgan fingerprint density at radius 2 is 1.74 bits per heavy atom. The van der Waals surface area contributed by atoms with Crippen LogP contribution in [0.1, 0.15) is 29.0 Å². The third kappa shape index (κ3) is 5.47. The van der Waals surface area contributed by atoms with Crippen LogP contribution < -0.4 is 0 Å². The number of furan rings is 1. The van der Waals surface area contributed by atoms with Crippen molar-refractivity contribution in [2.45, 2.75) is 25.3 Å². The lowest BCUT2D eigenvalue weighted by molar-refractivity contribution is -0.134. The molecule has 0 radical (unpaired) electrons. The summed E-state index contributed by atoms with van der Waals surface area (Å²) < 4.78 is 19.2. The van der Waals surface area contributed by atoms with E-state index >= 15 is 0 Å². The molecule has 34 heavy (non-hydrogen) atoms. The minimum atomic E-state index is -0.269. The number of carbonyl (C=O) groups excluding carboxylic acids is 2. The first kappa shape index (κ1) is 24.0. The Labute approximate surface area is 199 Å². The number of piperidine rings is 1. The van der Waals surface area contributed by atoms with Crippen molar-refractivity contribution in [1.82, 2.24) is 14.7 Å². The maximum atomic E-state index is 13.4. The van der Waals surface area contributed by atoms with Gasteiger partial charge in [-0.25, -0.2) is 4.39 Å². The highest BCUT2D eigenvalue weighted by Gasteiger charge is 2.33. The van der Waals surface area contributed by atoms with Gasteiger partial charge >= 0.3 is 0 Å². The summed E-state index contributed by atoms with van der Waals surface area (Å²) in [5.74, 6) is 0.288. The summed E-state index contributed by atoms with van der Waals surface area (Å²) in [5, 5.41) is 0.918. The first-order valence-electron chi connectivity index (χ1n) is 11.7. The number of hydrogen-bond acceptors (Lipinski definition) is 4. The van der Waals surface area contributed by atoms with Crippen molar-refractivity contribution < 1.29 is 18.4 Å². The highest BCUT2D eigenvalue weighted by atomic mass is 19.1. The molecular weight excluding hydrogens is 433 g/mol. The van der Waals surface area contributed by atoms with Crippen molar-refractivity contribution in [3.8, 4) is 0 Å². The van der Waals surface area contributed by atoms with Gasteiger partial charge < -0.3 is 19.1 Å². The number of hydrogen-bond donors (Lipinski definition) is 0. The van der Waals surface area contributed by atoms with Gasteiger partial charge in [0.25, 0.3) is 5.91 Å². The Hall–Kier alpha value is -3.19. The number of para-hydroxylation sites is 1. The maximum Gasteiger partial charge on any atom is 0.289 e. The number of likely N-dealkylation sites (N-methyl/N-ethyl adjacent to an activating group) is 2. The molecule has 2 amide bonds. The summed E-state index contributed by atoms with van der Waals surface area (Å²) in [4.78, 5) is 31.5. The summed E-state index contributed by atoms with van der Waals surface area (Å²) in [7, 11) is 5.61. The molecule has 7 heteroatoms. The fourth-order valence-corrected chi connectivity index (χ4v) is 4.78. The third-order valence-corrected chi connectivity index (χ3v) is 6.71. The van der Waals surface area contributed by atoms with Crippen LogP contribution in [0.3, 0.4) is 0 Å². The molecule has 2 heterocycles. The van der Waals surface area contributed by atoms with E-state index in [1.54, 1.807) is 18.2 Å². The first-order chi connectivity index (χ1) is 16.3. The predicted octanol–water partition coefficient (Wildman–Crippen LogP) is 4.06. The summed E-state index contributed by atoms with van der Waals surface area (Å²) in [6.07, 6.45) is 2.23. The van der Waals surface area contributed by atoms with Crippen LogP contribution in [-0.2, 0) is 11.2 Å². The predicted molar refractivity (Wildman–Crippen MR) is 130 cm³/mol. The van der Waals surface area contributed by atoms with E-state index in [1.165, 1.54) is 12.1 Å². The SMILES string of the molecule is CN(C)CC(=O)N(C)[C@H](Cc1ccc(F)cc1)C1CCN(C(=O)c2cc3ccccc3o2)CC1. The number of benzene rings is 2. The Kier molecular flexibility index (Phi) is 7.32. The van der Waals surface area contributed by atoms with Crippen molar-refractivity contribution in [1.29, 1.82) is 0 Å². The Morgan fingerprint density at radius 1 is 1.06 bits per heavy atom. The second-order valence-corrected chi connectivity index (χ2v) is 9.42. The van der Waals surface area contributed by atoms with Gasteiger partial charge in [0.1, 0.15) is 11.4 Å². The van der Waals surface area contributed by atoms with Gasteiger partial charge in [0.15, 0.2) is 5.76 Å². The van der Waals surface area contributed by atoms with Crippen LogP contribution in [0.4, 0.5) is 4.39 Å². The molecule has 0 N–H and O–H groups in total. The molecule has 1 aliphatic heterocycles. The molecule has 1 aliphatic rings. The van der Waals surface area contributed by atoms with Crippen LogP contribution in [0.2, 0.25) is 0 Å². The smallest absolute Gasteiger partial charge is 0.289 e. The summed E-state index contributed by atoms with van der Waals surface area (Å²) in [6.45, 7) is 1.55. The number of fused-ring (bicyclic) bond motifs is 1. The van der Waals surface area contributed by atoms with E-state index in [0.717, 1.165) is 23.8 Å². The summed E-state index contributed by atoms with van der Waals surface area (Å²) >= 11 is 0. The summed E-state index contributed by atoms with van der Waals surface area (Å²) in [6, 6.07) is 15.9. The summed E-state index contributed by atoms with van der Waals surface area (Å²) in [5.41, 5.74) is 1.71. The van der Waals surface area contributed by atoms with E-state index in [0.29, 0.717) is 37.4 Å². The van der Waals surface area contributed by atoms with Crippen molar-refractivity contribution in [2.75, 3.05) is 40.8 Å². The van der Waals surface area contributed by atoms with Crippen molar-refractivity contribution in [2.24, 2.45) is 5.92 Å². The average molecular weight is 466 g/mol. The molecule has 6 nitrogen and oxygen atoms in total. The largest absolute Gasteiger partial charge is 0.451 e. The van der Waals surface area contributed by atoms with Crippen LogP contribution in [0.25, 0.3) is 11.0 Å². The van der Waals surface area contributed by atoms with Crippen molar-refractivity contribution in [3.63, 3.8) is 0 Å². The zero-order chi connectivity index (χ0) is 24.2. The Bertz CT molecular complexity index is 1100. The van der Waals surface area contributed by atoms with Crippen LogP contribution in [-0.4, -0.2) is 73.3 Å². The Morgan fingerprint density at radius 3 is 2.38 bits per heavy atom. The number of likely N-dealkylation sites (tertiary alicyclic amines) is 1. The fourth-order valence-electron chi connectivity index (χ4n) is 4.78. The second-order valence-electron chi connectivity index (χ2n) is 9.42. The molecule has 180 valence electrons. The van der Waals surface area contributed by atoms with Gasteiger partial charge in [-0.05, 0) is 69.1 Å². The molecule has 1 aromatic heterocycles. The quantitative estimate of drug-likeness (QED) is 0.528. The van der Waals surface area contributed by atoms with E-state index in [-0.39, 0.29) is 29.6 Å². The molecule has 0 bridgehead atoms. The molecule has 0 unspecified atom stereocenters. The normalized spacial score (nSPS) is 15.6. The minimum Gasteiger partial charge on any atom is -0.451 e. The molecule has 0 aliphatic carbocycles. The highest BCUT2D eigenvalue weighted by molar-refractivity contribution is 5.96. The van der Waals surface area contributed by atoms with Crippen LogP contribution in [0.5, 0.6) is 0 Å². The van der Waals surface area contributed by atoms with Gasteiger partial charge in [-0.3, -0.25) is 9.59 Å². The lowest BCUT2D eigenvalue weighted by atomic mass is 9.84. The monoisotopic (exact) mass is 465 g/mol. The molecule has 1 fully saturated rings. The topological polar surface area (TPSA) is 57.0 Å². The van der Waals surface area contributed by atoms with Gasteiger partial charge in [-0.1, -0.05) is 30.3 Å². The molecule has 4 rings (SSSR count). The van der Waals surface area contributed by atoms with E-state index in [2.05, 4.69) is 0 Å². The maximum absolute atomic E-state index is 13.4. The van der Waals surface area contributed by atoms with Gasteiger partial charge in [-0.2, -0.15) is 0 Å². The zero-order valence-electron chi connectivity index (χ0n) is 20.0. The van der Waals surface area contributed by atoms with Gasteiger partial charge in [0.2, 0.25) is 5.91 Å². The standard InChI is InChI=1S/C27H32FN3O3/c1-29(2)18-26(32)30(3)23(16-19-8-10-22(28)11-9-19)20-12-14-31(15-13-20)27(33)25-17-21-6-4-5-7-24(21)34-25/h4-11,17,20,23H,12-16,18H2,1-3H3/t23-/m1/s1. The molecule has 3 aromatic rings. The van der Waals surface area contributed by atoms with Gasteiger partial charge in [0.05, 0.1) is 6.54 Å². The second kappa shape index (κ2) is 10.4. The fraction of sp³-hybridized carbons (Fsp3) is 0.407. The third-order valence-electron chi connectivity index (χ3n) is 6.71. The molecule has 1 saturated heterocycles. The minimum absolute atomic E-state index is 0.0265. The van der Waals surface area contributed by atoms with Crippen molar-refractivity contribution in [3.05, 3.63) is 71.7 Å². The van der Waals surface area contributed by atoms with E-state index in [1.807, 2.05) is 60.1 Å². The lowest BCUT2D eigenvalue weighted by Crippen LogP contribution is -2.50. The molecule has 0 saturated carbocycles.